The monoisotopic (exact) mass is 299 g/mol. The molecular weight excluding hydrogens is 286 g/mol. The minimum atomic E-state index is -3.47. The van der Waals surface area contributed by atoms with E-state index in [1.165, 1.54) is 6.42 Å². The Morgan fingerprint density at radius 2 is 2.21 bits per heavy atom. The van der Waals surface area contributed by atoms with Gasteiger partial charge in [0.1, 0.15) is 5.75 Å². The van der Waals surface area contributed by atoms with E-state index in [9.17, 15) is 8.42 Å². The van der Waals surface area contributed by atoms with Crippen LogP contribution in [0, 0.1) is 6.92 Å². The van der Waals surface area contributed by atoms with E-state index in [1.807, 2.05) is 0 Å². The van der Waals surface area contributed by atoms with Crippen molar-refractivity contribution in [1.29, 1.82) is 0 Å². The van der Waals surface area contributed by atoms with E-state index in [-0.39, 0.29) is 15.9 Å². The van der Waals surface area contributed by atoms with Gasteiger partial charge in [0.25, 0.3) is 0 Å². The molecule has 3 rings (SSSR count). The van der Waals surface area contributed by atoms with Gasteiger partial charge in [-0.05, 0) is 19.8 Å². The van der Waals surface area contributed by atoms with Crippen molar-refractivity contribution >= 4 is 21.2 Å². The van der Waals surface area contributed by atoms with E-state index in [4.69, 9.17) is 4.52 Å². The van der Waals surface area contributed by atoms with E-state index < -0.39 is 9.84 Å². The Labute approximate surface area is 114 Å². The van der Waals surface area contributed by atoms with Gasteiger partial charge in [0.2, 0.25) is 20.1 Å². The Kier molecular flexibility index (Phi) is 3.14. The summed E-state index contributed by atoms with van der Waals surface area (Å²) in [5.74, 6) is 0.837. The third kappa shape index (κ3) is 2.55. The number of sulfone groups is 1. The molecular formula is C11H13N3O3S2. The second-order valence-corrected chi connectivity index (χ2v) is 7.71. The lowest BCUT2D eigenvalue weighted by molar-refractivity contribution is 0.291. The predicted molar refractivity (Wildman–Crippen MR) is 68.6 cm³/mol. The van der Waals surface area contributed by atoms with E-state index >= 15 is 0 Å². The summed E-state index contributed by atoms with van der Waals surface area (Å²) in [6, 6.07) is 0. The molecule has 0 radical (unpaired) electrons. The highest BCUT2D eigenvalue weighted by Gasteiger charge is 2.27. The molecule has 0 amide bonds. The molecule has 2 aromatic rings. The van der Waals surface area contributed by atoms with Crippen molar-refractivity contribution in [2.75, 3.05) is 0 Å². The molecule has 1 aliphatic carbocycles. The van der Waals surface area contributed by atoms with Crippen molar-refractivity contribution in [3.8, 4) is 0 Å². The molecule has 0 aromatic carbocycles. The number of thiazole rings is 1. The number of aromatic nitrogens is 3. The lowest BCUT2D eigenvalue weighted by atomic mass is 9.85. The van der Waals surface area contributed by atoms with E-state index in [0.29, 0.717) is 17.5 Å². The third-order valence-corrected chi connectivity index (χ3v) is 6.19. The Bertz CT molecular complexity index is 686. The van der Waals surface area contributed by atoms with Crippen molar-refractivity contribution in [1.82, 2.24) is 15.1 Å². The van der Waals surface area contributed by atoms with Gasteiger partial charge in [-0.1, -0.05) is 11.6 Å². The minimum absolute atomic E-state index is 0.111. The van der Waals surface area contributed by atoms with Gasteiger partial charge in [0.15, 0.2) is 5.82 Å². The molecule has 0 aliphatic heterocycles. The first-order valence-corrected chi connectivity index (χ1v) is 8.55. The first-order valence-electron chi connectivity index (χ1n) is 6.02. The molecule has 1 fully saturated rings. The molecule has 19 heavy (non-hydrogen) atoms. The summed E-state index contributed by atoms with van der Waals surface area (Å²) < 4.78 is 29.4. The van der Waals surface area contributed by atoms with Crippen LogP contribution in [0.2, 0.25) is 0 Å². The topological polar surface area (TPSA) is 86.0 Å². The number of hydrogen-bond donors (Lipinski definition) is 0. The summed E-state index contributed by atoms with van der Waals surface area (Å²) >= 11 is 1.12. The summed E-state index contributed by atoms with van der Waals surface area (Å²) in [6.45, 7) is 1.76. The molecule has 0 unspecified atom stereocenters. The molecule has 6 nitrogen and oxygen atoms in total. The SMILES string of the molecule is Cc1csc(S(=O)(=O)Cc2noc(C3CCC3)n2)n1. The fourth-order valence-electron chi connectivity index (χ4n) is 1.85. The van der Waals surface area contributed by atoms with Crippen LogP contribution < -0.4 is 0 Å². The standard InChI is InChI=1S/C11H13N3O3S2/c1-7-5-18-11(12-7)19(15,16)6-9-13-10(17-14-9)8-3-2-4-8/h5,8H,2-4,6H2,1H3. The number of aryl methyl sites for hydroxylation is 1. The highest BCUT2D eigenvalue weighted by Crippen LogP contribution is 2.35. The highest BCUT2D eigenvalue weighted by atomic mass is 32.2. The Hall–Kier alpha value is -1.28. The van der Waals surface area contributed by atoms with Crippen LogP contribution in [0.3, 0.4) is 0 Å². The van der Waals surface area contributed by atoms with Gasteiger partial charge in [-0.3, -0.25) is 0 Å². The molecule has 1 aliphatic rings. The molecule has 1 saturated carbocycles. The second kappa shape index (κ2) is 4.68. The third-order valence-electron chi connectivity index (χ3n) is 3.12. The molecule has 0 N–H and O–H groups in total. The summed E-state index contributed by atoms with van der Waals surface area (Å²) in [5.41, 5.74) is 0.701. The summed E-state index contributed by atoms with van der Waals surface area (Å²) in [7, 11) is -3.47. The first-order chi connectivity index (χ1) is 9.04. The van der Waals surface area contributed by atoms with Gasteiger partial charge in [-0.2, -0.15) is 4.98 Å². The maximum Gasteiger partial charge on any atom is 0.229 e. The molecule has 0 bridgehead atoms. The quantitative estimate of drug-likeness (QED) is 0.859. The van der Waals surface area contributed by atoms with Crippen LogP contribution in [-0.4, -0.2) is 23.5 Å². The van der Waals surface area contributed by atoms with Crippen molar-refractivity contribution in [2.45, 2.75) is 42.2 Å². The van der Waals surface area contributed by atoms with E-state index in [0.717, 1.165) is 24.2 Å². The maximum absolute atomic E-state index is 12.1. The highest BCUT2D eigenvalue weighted by molar-refractivity contribution is 7.92. The molecule has 2 heterocycles. The molecule has 8 heteroatoms. The summed E-state index contributed by atoms with van der Waals surface area (Å²) in [5, 5.41) is 5.46. The van der Waals surface area contributed by atoms with Crippen LogP contribution in [0.4, 0.5) is 0 Å². The molecule has 0 spiro atoms. The first kappa shape index (κ1) is 12.7. The zero-order chi connectivity index (χ0) is 13.5. The van der Waals surface area contributed by atoms with Gasteiger partial charge in [-0.25, -0.2) is 13.4 Å². The molecule has 0 saturated heterocycles. The lowest BCUT2D eigenvalue weighted by Gasteiger charge is -2.20. The van der Waals surface area contributed by atoms with Crippen molar-refractivity contribution in [3.63, 3.8) is 0 Å². The number of hydrogen-bond acceptors (Lipinski definition) is 7. The second-order valence-electron chi connectivity index (χ2n) is 4.69. The van der Waals surface area contributed by atoms with E-state index in [2.05, 4.69) is 15.1 Å². The van der Waals surface area contributed by atoms with Crippen LogP contribution in [0.5, 0.6) is 0 Å². The Morgan fingerprint density at radius 1 is 1.42 bits per heavy atom. The maximum atomic E-state index is 12.1. The zero-order valence-corrected chi connectivity index (χ0v) is 12.0. The van der Waals surface area contributed by atoms with Crippen molar-refractivity contribution < 1.29 is 12.9 Å². The van der Waals surface area contributed by atoms with Gasteiger partial charge in [0, 0.05) is 17.0 Å². The van der Waals surface area contributed by atoms with Gasteiger partial charge >= 0.3 is 0 Å². The van der Waals surface area contributed by atoms with Gasteiger partial charge in [0.05, 0.1) is 0 Å². The van der Waals surface area contributed by atoms with Crippen molar-refractivity contribution in [2.24, 2.45) is 0 Å². The minimum Gasteiger partial charge on any atom is -0.339 e. The summed E-state index contributed by atoms with van der Waals surface area (Å²) in [4.78, 5) is 8.16. The van der Waals surface area contributed by atoms with Gasteiger partial charge < -0.3 is 4.52 Å². The lowest BCUT2D eigenvalue weighted by Crippen LogP contribution is -2.10. The zero-order valence-electron chi connectivity index (χ0n) is 10.4. The number of rotatable bonds is 4. The van der Waals surface area contributed by atoms with Crippen LogP contribution in [0.25, 0.3) is 0 Å². The number of nitrogens with zero attached hydrogens (tertiary/aromatic N) is 3. The fraction of sp³-hybridized carbons (Fsp3) is 0.545. The molecule has 2 aromatic heterocycles. The Morgan fingerprint density at radius 3 is 2.79 bits per heavy atom. The average Bonchev–Trinajstić information content (AvgIpc) is 2.85. The average molecular weight is 299 g/mol. The predicted octanol–water partition coefficient (Wildman–Crippen LogP) is 2.08. The van der Waals surface area contributed by atoms with Crippen LogP contribution in [0.1, 0.15) is 42.6 Å². The fourth-order valence-corrected chi connectivity index (χ4v) is 4.15. The van der Waals surface area contributed by atoms with Crippen LogP contribution >= 0.6 is 11.3 Å². The normalized spacial score (nSPS) is 16.5. The van der Waals surface area contributed by atoms with Crippen LogP contribution in [0.15, 0.2) is 14.2 Å². The largest absolute Gasteiger partial charge is 0.339 e. The van der Waals surface area contributed by atoms with Gasteiger partial charge in [-0.15, -0.1) is 11.3 Å². The van der Waals surface area contributed by atoms with E-state index in [1.54, 1.807) is 12.3 Å². The van der Waals surface area contributed by atoms with Crippen LogP contribution in [-0.2, 0) is 15.6 Å². The summed E-state index contributed by atoms with van der Waals surface area (Å²) in [6.07, 6.45) is 3.25. The molecule has 102 valence electrons. The smallest absolute Gasteiger partial charge is 0.229 e. The molecule has 0 atom stereocenters. The van der Waals surface area contributed by atoms with Crippen molar-refractivity contribution in [3.05, 3.63) is 22.8 Å². The Balaban J connectivity index is 1.78.